The molecule has 5 heterocycles. The molecule has 152 valence electrons. The van der Waals surface area contributed by atoms with Crippen molar-refractivity contribution in [1.29, 1.82) is 0 Å². The zero-order valence-electron chi connectivity index (χ0n) is 17.6. The SMILES string of the molecule is CC(C)(c1ccccc1)c1c[nH]c2ncc(-c3cc4n(n3)CCC43CCNC3)cc12. The van der Waals surface area contributed by atoms with Gasteiger partial charge in [-0.15, -0.1) is 0 Å². The summed E-state index contributed by atoms with van der Waals surface area (Å²) in [5.41, 5.74) is 7.18. The maximum Gasteiger partial charge on any atom is 0.137 e. The molecule has 0 saturated carbocycles. The molecule has 0 amide bonds. The highest BCUT2D eigenvalue weighted by Crippen LogP contribution is 2.42. The van der Waals surface area contributed by atoms with Crippen molar-refractivity contribution in [1.82, 2.24) is 25.1 Å². The third-order valence-corrected chi connectivity index (χ3v) is 7.36. The van der Waals surface area contributed by atoms with Gasteiger partial charge in [0.15, 0.2) is 0 Å². The minimum absolute atomic E-state index is 0.116. The van der Waals surface area contributed by atoms with Crippen molar-refractivity contribution >= 4 is 11.0 Å². The number of nitrogens with one attached hydrogen (secondary N) is 2. The fourth-order valence-corrected chi connectivity index (χ4v) is 5.45. The number of aromatic nitrogens is 4. The maximum atomic E-state index is 4.96. The van der Waals surface area contributed by atoms with Crippen molar-refractivity contribution in [3.63, 3.8) is 0 Å². The lowest BCUT2D eigenvalue weighted by Crippen LogP contribution is -2.25. The lowest BCUT2D eigenvalue weighted by molar-refractivity contribution is 0.467. The van der Waals surface area contributed by atoms with Crippen LogP contribution in [-0.4, -0.2) is 32.8 Å². The average molecular weight is 398 g/mol. The van der Waals surface area contributed by atoms with E-state index in [4.69, 9.17) is 10.1 Å². The molecule has 2 aliphatic rings. The van der Waals surface area contributed by atoms with Gasteiger partial charge in [-0.25, -0.2) is 4.98 Å². The highest BCUT2D eigenvalue weighted by molar-refractivity contribution is 5.85. The van der Waals surface area contributed by atoms with Gasteiger partial charge in [-0.05, 0) is 42.6 Å². The Labute approximate surface area is 176 Å². The highest BCUT2D eigenvalue weighted by Gasteiger charge is 2.42. The number of pyridine rings is 1. The van der Waals surface area contributed by atoms with Gasteiger partial charge >= 0.3 is 0 Å². The minimum Gasteiger partial charge on any atom is -0.346 e. The first-order valence-electron chi connectivity index (χ1n) is 10.9. The Balaban J connectivity index is 1.44. The Bertz CT molecular complexity index is 1230. The molecule has 1 atom stereocenters. The maximum absolute atomic E-state index is 4.96. The van der Waals surface area contributed by atoms with Crippen molar-refractivity contribution in [2.75, 3.05) is 13.1 Å². The van der Waals surface area contributed by atoms with E-state index in [-0.39, 0.29) is 10.8 Å². The number of fused-ring (bicyclic) bond motifs is 3. The number of aromatic amines is 1. The molecule has 1 unspecified atom stereocenters. The summed E-state index contributed by atoms with van der Waals surface area (Å²) in [6.07, 6.45) is 6.48. The molecular weight excluding hydrogens is 370 g/mol. The zero-order valence-corrected chi connectivity index (χ0v) is 17.6. The van der Waals surface area contributed by atoms with E-state index >= 15 is 0 Å². The third-order valence-electron chi connectivity index (χ3n) is 7.36. The molecule has 4 aromatic rings. The van der Waals surface area contributed by atoms with E-state index in [0.29, 0.717) is 0 Å². The zero-order chi connectivity index (χ0) is 20.3. The summed E-state index contributed by atoms with van der Waals surface area (Å²) in [5.74, 6) is 0. The topological polar surface area (TPSA) is 58.5 Å². The summed E-state index contributed by atoms with van der Waals surface area (Å²) in [7, 11) is 0. The number of H-pyrrole nitrogens is 1. The molecule has 0 aliphatic carbocycles. The van der Waals surface area contributed by atoms with Crippen LogP contribution in [0.5, 0.6) is 0 Å². The van der Waals surface area contributed by atoms with E-state index in [2.05, 4.69) is 77.5 Å². The number of nitrogens with zero attached hydrogens (tertiary/aromatic N) is 3. The number of rotatable bonds is 3. The summed E-state index contributed by atoms with van der Waals surface area (Å²) in [5, 5.41) is 9.68. The van der Waals surface area contributed by atoms with Crippen LogP contribution in [0.25, 0.3) is 22.3 Å². The van der Waals surface area contributed by atoms with Crippen molar-refractivity contribution < 1.29 is 0 Å². The average Bonchev–Trinajstić information content (AvgIpc) is 3.54. The summed E-state index contributed by atoms with van der Waals surface area (Å²) < 4.78 is 2.22. The van der Waals surface area contributed by atoms with Crippen LogP contribution in [0, 0.1) is 0 Å². The second-order valence-corrected chi connectivity index (χ2v) is 9.41. The monoisotopic (exact) mass is 397 g/mol. The van der Waals surface area contributed by atoms with Gasteiger partial charge in [-0.2, -0.15) is 5.10 Å². The first-order chi connectivity index (χ1) is 14.6. The van der Waals surface area contributed by atoms with Gasteiger partial charge in [0.05, 0.1) is 5.69 Å². The van der Waals surface area contributed by atoms with Crippen LogP contribution in [0.1, 0.15) is 43.5 Å². The van der Waals surface area contributed by atoms with E-state index in [1.807, 2.05) is 6.20 Å². The van der Waals surface area contributed by atoms with Crippen LogP contribution in [0.15, 0.2) is 54.9 Å². The molecule has 2 aliphatic heterocycles. The molecule has 5 heteroatoms. The Morgan fingerprint density at radius 1 is 1.10 bits per heavy atom. The van der Waals surface area contributed by atoms with Crippen LogP contribution in [-0.2, 0) is 17.4 Å². The molecule has 1 fully saturated rings. The number of aryl methyl sites for hydroxylation is 1. The van der Waals surface area contributed by atoms with Gasteiger partial charge in [0.2, 0.25) is 0 Å². The fraction of sp³-hybridized carbons (Fsp3) is 0.360. The molecule has 1 saturated heterocycles. The molecule has 0 bridgehead atoms. The van der Waals surface area contributed by atoms with Crippen molar-refractivity contribution in [2.45, 2.75) is 44.1 Å². The standard InChI is InChI=1S/C25H27N5/c1-24(2,18-6-4-3-5-7-18)20-15-28-23-19(20)12-17(14-27-23)21-13-22-25(8-10-26-16-25)9-11-30(22)29-21/h3-7,12-15,26H,8-11,16H2,1-2H3,(H,27,28). The van der Waals surface area contributed by atoms with Gasteiger partial charge in [0.25, 0.3) is 0 Å². The van der Waals surface area contributed by atoms with Crippen LogP contribution < -0.4 is 5.32 Å². The van der Waals surface area contributed by atoms with Gasteiger partial charge in [-0.1, -0.05) is 44.2 Å². The summed E-state index contributed by atoms with van der Waals surface area (Å²) in [6, 6.07) is 15.2. The van der Waals surface area contributed by atoms with Crippen LogP contribution >= 0.6 is 0 Å². The number of benzene rings is 1. The summed E-state index contributed by atoms with van der Waals surface area (Å²) in [6.45, 7) is 7.75. The molecule has 1 spiro atoms. The van der Waals surface area contributed by atoms with E-state index in [0.717, 1.165) is 36.5 Å². The quantitative estimate of drug-likeness (QED) is 0.539. The Morgan fingerprint density at radius 2 is 1.97 bits per heavy atom. The van der Waals surface area contributed by atoms with E-state index in [9.17, 15) is 0 Å². The predicted octanol–water partition coefficient (Wildman–Crippen LogP) is 4.39. The Morgan fingerprint density at radius 3 is 2.77 bits per heavy atom. The third kappa shape index (κ3) is 2.51. The van der Waals surface area contributed by atoms with E-state index < -0.39 is 0 Å². The molecule has 1 aromatic carbocycles. The second-order valence-electron chi connectivity index (χ2n) is 9.41. The molecule has 30 heavy (non-hydrogen) atoms. The Kier molecular flexibility index (Phi) is 3.75. The van der Waals surface area contributed by atoms with E-state index in [1.165, 1.54) is 35.0 Å². The molecule has 2 N–H and O–H groups in total. The predicted molar refractivity (Wildman–Crippen MR) is 120 cm³/mol. The lowest BCUT2D eigenvalue weighted by atomic mass is 9.78. The first-order valence-corrected chi connectivity index (χ1v) is 10.9. The normalized spacial score (nSPS) is 21.0. The molecular formula is C25H27N5. The van der Waals surface area contributed by atoms with Gasteiger partial charge in [0.1, 0.15) is 5.65 Å². The number of hydrogen-bond donors (Lipinski definition) is 2. The Hall–Kier alpha value is -2.92. The molecule has 0 radical (unpaired) electrons. The van der Waals surface area contributed by atoms with Crippen LogP contribution in [0.4, 0.5) is 0 Å². The lowest BCUT2D eigenvalue weighted by Gasteiger charge is -2.25. The second kappa shape index (κ2) is 6.29. The molecule has 6 rings (SSSR count). The van der Waals surface area contributed by atoms with E-state index in [1.54, 1.807) is 0 Å². The highest BCUT2D eigenvalue weighted by atomic mass is 15.3. The van der Waals surface area contributed by atoms with Crippen molar-refractivity contribution in [3.05, 3.63) is 71.7 Å². The van der Waals surface area contributed by atoms with Crippen LogP contribution in [0.3, 0.4) is 0 Å². The van der Waals surface area contributed by atoms with Crippen molar-refractivity contribution in [2.24, 2.45) is 0 Å². The van der Waals surface area contributed by atoms with Crippen molar-refractivity contribution in [3.8, 4) is 11.3 Å². The van der Waals surface area contributed by atoms with Crippen LogP contribution in [0.2, 0.25) is 0 Å². The number of hydrogen-bond acceptors (Lipinski definition) is 3. The summed E-state index contributed by atoms with van der Waals surface area (Å²) >= 11 is 0. The summed E-state index contributed by atoms with van der Waals surface area (Å²) in [4.78, 5) is 8.12. The minimum atomic E-state index is -0.116. The smallest absolute Gasteiger partial charge is 0.137 e. The molecule has 3 aromatic heterocycles. The van der Waals surface area contributed by atoms with Gasteiger partial charge in [-0.3, -0.25) is 4.68 Å². The fourth-order valence-electron chi connectivity index (χ4n) is 5.45. The first kappa shape index (κ1) is 17.9. The van der Waals surface area contributed by atoms with Gasteiger partial charge < -0.3 is 10.3 Å². The largest absolute Gasteiger partial charge is 0.346 e. The molecule has 5 nitrogen and oxygen atoms in total. The van der Waals surface area contributed by atoms with Gasteiger partial charge in [0, 0.05) is 53.0 Å².